The zero-order valence-corrected chi connectivity index (χ0v) is 15.3. The van der Waals surface area contributed by atoms with Crippen LogP contribution in [0.15, 0.2) is 49.3 Å². The highest BCUT2D eigenvalue weighted by Gasteiger charge is 2.27. The number of hydrogen-bond donors (Lipinski definition) is 0. The Balaban J connectivity index is 1.60. The van der Waals surface area contributed by atoms with E-state index in [9.17, 15) is 0 Å². The second kappa shape index (κ2) is 7.33. The fourth-order valence-corrected chi connectivity index (χ4v) is 3.66. The van der Waals surface area contributed by atoms with E-state index >= 15 is 0 Å². The standard InChI is InChI=1S/C20H24N6/c1-15(2)20-23-8-10-26(20)19-13-22-12-17(24-19)18-6-4-9-25(18)14-16-5-3-7-21-11-16/h3,5,7-8,10-13,15,18H,4,6,9,14H2,1-2H3. The first-order chi connectivity index (χ1) is 12.7. The van der Waals surface area contributed by atoms with Crippen molar-refractivity contribution in [1.82, 2.24) is 29.4 Å². The van der Waals surface area contributed by atoms with Crippen molar-refractivity contribution in [3.63, 3.8) is 0 Å². The zero-order chi connectivity index (χ0) is 17.9. The molecule has 0 bridgehead atoms. The molecule has 26 heavy (non-hydrogen) atoms. The Morgan fingerprint density at radius 3 is 2.88 bits per heavy atom. The van der Waals surface area contributed by atoms with Gasteiger partial charge < -0.3 is 0 Å². The lowest BCUT2D eigenvalue weighted by Gasteiger charge is -2.24. The number of rotatable bonds is 5. The van der Waals surface area contributed by atoms with Crippen LogP contribution in [0.25, 0.3) is 5.82 Å². The van der Waals surface area contributed by atoms with Gasteiger partial charge in [0.05, 0.1) is 24.1 Å². The van der Waals surface area contributed by atoms with Gasteiger partial charge in [-0.2, -0.15) is 0 Å². The molecule has 4 heterocycles. The van der Waals surface area contributed by atoms with Gasteiger partial charge in [-0.25, -0.2) is 9.97 Å². The largest absolute Gasteiger partial charge is 0.290 e. The Kier molecular flexibility index (Phi) is 4.75. The summed E-state index contributed by atoms with van der Waals surface area (Å²) in [5, 5.41) is 0. The van der Waals surface area contributed by atoms with Crippen LogP contribution in [-0.4, -0.2) is 35.9 Å². The summed E-state index contributed by atoms with van der Waals surface area (Å²) in [6, 6.07) is 4.42. The summed E-state index contributed by atoms with van der Waals surface area (Å²) in [7, 11) is 0. The topological polar surface area (TPSA) is 59.7 Å². The predicted octanol–water partition coefficient (Wildman–Crippen LogP) is 3.52. The number of imidazole rings is 1. The van der Waals surface area contributed by atoms with E-state index in [-0.39, 0.29) is 0 Å². The number of nitrogens with zero attached hydrogens (tertiary/aromatic N) is 6. The molecular formula is C20H24N6. The van der Waals surface area contributed by atoms with Gasteiger partial charge in [0.2, 0.25) is 0 Å². The monoisotopic (exact) mass is 348 g/mol. The number of pyridine rings is 1. The van der Waals surface area contributed by atoms with Crippen molar-refractivity contribution in [2.24, 2.45) is 0 Å². The maximum Gasteiger partial charge on any atom is 0.156 e. The van der Waals surface area contributed by atoms with Crippen molar-refractivity contribution < 1.29 is 0 Å². The van der Waals surface area contributed by atoms with Crippen molar-refractivity contribution in [3.8, 4) is 5.82 Å². The molecule has 0 spiro atoms. The second-order valence-electron chi connectivity index (χ2n) is 7.10. The summed E-state index contributed by atoms with van der Waals surface area (Å²) in [6.45, 7) is 6.26. The van der Waals surface area contributed by atoms with E-state index in [0.717, 1.165) is 36.8 Å². The molecule has 6 heteroatoms. The summed E-state index contributed by atoms with van der Waals surface area (Å²) in [5.74, 6) is 2.19. The Morgan fingerprint density at radius 1 is 1.15 bits per heavy atom. The van der Waals surface area contributed by atoms with Gasteiger partial charge in [-0.05, 0) is 31.0 Å². The molecule has 0 aromatic carbocycles. The van der Waals surface area contributed by atoms with Crippen LogP contribution in [0.2, 0.25) is 0 Å². The molecule has 3 aromatic heterocycles. The lowest BCUT2D eigenvalue weighted by Crippen LogP contribution is -2.24. The van der Waals surface area contributed by atoms with Gasteiger partial charge in [-0.3, -0.25) is 19.4 Å². The minimum atomic E-state index is 0.300. The first-order valence-corrected chi connectivity index (χ1v) is 9.21. The third kappa shape index (κ3) is 3.37. The maximum atomic E-state index is 4.94. The molecule has 0 N–H and O–H groups in total. The Morgan fingerprint density at radius 2 is 2.08 bits per heavy atom. The Hall–Kier alpha value is -2.60. The summed E-state index contributed by atoms with van der Waals surface area (Å²) < 4.78 is 2.04. The van der Waals surface area contributed by atoms with Crippen LogP contribution >= 0.6 is 0 Å². The van der Waals surface area contributed by atoms with Gasteiger partial charge in [-0.1, -0.05) is 19.9 Å². The molecular weight excluding hydrogens is 324 g/mol. The fourth-order valence-electron chi connectivity index (χ4n) is 3.66. The van der Waals surface area contributed by atoms with Crippen molar-refractivity contribution in [3.05, 3.63) is 66.4 Å². The van der Waals surface area contributed by atoms with Gasteiger partial charge in [-0.15, -0.1) is 0 Å². The molecule has 0 saturated carbocycles. The molecule has 6 nitrogen and oxygen atoms in total. The number of likely N-dealkylation sites (tertiary alicyclic amines) is 1. The first kappa shape index (κ1) is 16.8. The maximum absolute atomic E-state index is 4.94. The summed E-state index contributed by atoms with van der Waals surface area (Å²) in [5.41, 5.74) is 2.27. The normalized spacial score (nSPS) is 17.9. The lowest BCUT2D eigenvalue weighted by atomic mass is 10.1. The summed E-state index contributed by atoms with van der Waals surface area (Å²) >= 11 is 0. The van der Waals surface area contributed by atoms with E-state index in [1.54, 1.807) is 0 Å². The molecule has 1 aliphatic rings. The van der Waals surface area contributed by atoms with E-state index in [1.165, 1.54) is 12.0 Å². The zero-order valence-electron chi connectivity index (χ0n) is 15.3. The molecule has 1 atom stereocenters. The highest BCUT2D eigenvalue weighted by molar-refractivity contribution is 5.25. The molecule has 1 unspecified atom stereocenters. The van der Waals surface area contributed by atoms with Crippen LogP contribution < -0.4 is 0 Å². The van der Waals surface area contributed by atoms with Crippen molar-refractivity contribution in [2.75, 3.05) is 6.54 Å². The molecule has 4 rings (SSSR count). The average Bonchev–Trinajstić information content (AvgIpc) is 3.32. The first-order valence-electron chi connectivity index (χ1n) is 9.21. The summed E-state index contributed by atoms with van der Waals surface area (Å²) in [4.78, 5) is 20.6. The molecule has 0 aliphatic carbocycles. The quantitative estimate of drug-likeness (QED) is 0.706. The van der Waals surface area contributed by atoms with Gasteiger partial charge in [0.15, 0.2) is 5.82 Å². The van der Waals surface area contributed by atoms with E-state index in [2.05, 4.69) is 39.8 Å². The van der Waals surface area contributed by atoms with Gasteiger partial charge in [0.25, 0.3) is 0 Å². The number of hydrogen-bond acceptors (Lipinski definition) is 5. The SMILES string of the molecule is CC(C)c1nccn1-c1cncc(C2CCCN2Cc2cccnc2)n1. The molecule has 1 aliphatic heterocycles. The van der Waals surface area contributed by atoms with Gasteiger partial charge in [0, 0.05) is 37.3 Å². The van der Waals surface area contributed by atoms with E-state index in [4.69, 9.17) is 4.98 Å². The van der Waals surface area contributed by atoms with Crippen molar-refractivity contribution >= 4 is 0 Å². The molecule has 134 valence electrons. The smallest absolute Gasteiger partial charge is 0.156 e. The van der Waals surface area contributed by atoms with Crippen molar-refractivity contribution in [1.29, 1.82) is 0 Å². The lowest BCUT2D eigenvalue weighted by molar-refractivity contribution is 0.243. The Bertz CT molecular complexity index is 858. The minimum Gasteiger partial charge on any atom is -0.290 e. The highest BCUT2D eigenvalue weighted by Crippen LogP contribution is 2.32. The van der Waals surface area contributed by atoms with Crippen LogP contribution in [-0.2, 0) is 6.54 Å². The third-order valence-corrected chi connectivity index (χ3v) is 4.89. The minimum absolute atomic E-state index is 0.300. The Labute approximate surface area is 154 Å². The van der Waals surface area contributed by atoms with Gasteiger partial charge in [0.1, 0.15) is 5.82 Å². The second-order valence-corrected chi connectivity index (χ2v) is 7.10. The molecule has 0 radical (unpaired) electrons. The predicted molar refractivity (Wildman–Crippen MR) is 99.9 cm³/mol. The number of aromatic nitrogens is 5. The van der Waals surface area contributed by atoms with Crippen LogP contribution in [0.5, 0.6) is 0 Å². The highest BCUT2D eigenvalue weighted by atomic mass is 15.2. The van der Waals surface area contributed by atoms with E-state index < -0.39 is 0 Å². The van der Waals surface area contributed by atoms with Crippen LogP contribution in [0.1, 0.15) is 55.7 Å². The van der Waals surface area contributed by atoms with Crippen LogP contribution in [0.4, 0.5) is 0 Å². The summed E-state index contributed by atoms with van der Waals surface area (Å²) in [6.07, 6.45) is 13.6. The molecule has 1 fully saturated rings. The average molecular weight is 348 g/mol. The molecule has 1 saturated heterocycles. The fraction of sp³-hybridized carbons (Fsp3) is 0.400. The van der Waals surface area contributed by atoms with Crippen LogP contribution in [0.3, 0.4) is 0 Å². The van der Waals surface area contributed by atoms with Crippen molar-refractivity contribution in [2.45, 2.75) is 45.2 Å². The van der Waals surface area contributed by atoms with Gasteiger partial charge >= 0.3 is 0 Å². The van der Waals surface area contributed by atoms with E-state index in [1.807, 2.05) is 47.8 Å². The third-order valence-electron chi connectivity index (χ3n) is 4.89. The molecule has 3 aromatic rings. The van der Waals surface area contributed by atoms with Crippen LogP contribution in [0, 0.1) is 0 Å². The van der Waals surface area contributed by atoms with E-state index in [0.29, 0.717) is 12.0 Å². The molecule has 0 amide bonds.